The summed E-state index contributed by atoms with van der Waals surface area (Å²) in [6, 6.07) is 26.2. The van der Waals surface area contributed by atoms with Gasteiger partial charge in [-0.2, -0.15) is 8.42 Å². The zero-order chi connectivity index (χ0) is 23.9. The standard InChI is InChI=1S/C26H21N3O4S/c27-20-14-15-22(17-7-2-1-6-16(17)20)28-23-11-5-13-25(34(31,32)33)26(23)29-21-10-3-9-19-18(21)8-4-12-24(19)30/h1-15,28-30H,27H2,(H,31,32,33). The molecule has 0 saturated heterocycles. The molecule has 170 valence electrons. The molecule has 0 heterocycles. The number of nitrogen functional groups attached to an aromatic ring is 1. The fourth-order valence-corrected chi connectivity index (χ4v) is 4.76. The number of hydrogen-bond acceptors (Lipinski definition) is 6. The van der Waals surface area contributed by atoms with Crippen molar-refractivity contribution in [1.82, 2.24) is 0 Å². The van der Waals surface area contributed by atoms with Crippen LogP contribution in [0.4, 0.5) is 28.4 Å². The maximum Gasteiger partial charge on any atom is 0.296 e. The Kier molecular flexibility index (Phi) is 5.24. The Bertz CT molecular complexity index is 1670. The second-order valence-electron chi connectivity index (χ2n) is 7.83. The Morgan fingerprint density at radius 3 is 2.00 bits per heavy atom. The van der Waals surface area contributed by atoms with E-state index in [0.29, 0.717) is 27.8 Å². The van der Waals surface area contributed by atoms with Crippen molar-refractivity contribution in [2.24, 2.45) is 0 Å². The van der Waals surface area contributed by atoms with Crippen LogP contribution in [0.15, 0.2) is 95.9 Å². The number of phenols is 1. The van der Waals surface area contributed by atoms with Gasteiger partial charge in [0.15, 0.2) is 0 Å². The summed E-state index contributed by atoms with van der Waals surface area (Å²) in [4.78, 5) is -0.283. The van der Waals surface area contributed by atoms with Crippen LogP contribution in [-0.2, 0) is 10.1 Å². The Morgan fingerprint density at radius 2 is 1.21 bits per heavy atom. The minimum atomic E-state index is -4.55. The Hall–Kier alpha value is -4.27. The molecule has 0 bridgehead atoms. The molecule has 7 nitrogen and oxygen atoms in total. The van der Waals surface area contributed by atoms with Gasteiger partial charge >= 0.3 is 0 Å². The van der Waals surface area contributed by atoms with Gasteiger partial charge in [-0.05, 0) is 36.4 Å². The molecular weight excluding hydrogens is 450 g/mol. The van der Waals surface area contributed by atoms with Crippen molar-refractivity contribution in [1.29, 1.82) is 0 Å². The maximum absolute atomic E-state index is 12.3. The number of nitrogens with two attached hydrogens (primary N) is 1. The van der Waals surface area contributed by atoms with Crippen LogP contribution >= 0.6 is 0 Å². The molecular formula is C26H21N3O4S. The third-order valence-electron chi connectivity index (χ3n) is 5.69. The number of rotatable bonds is 5. The third kappa shape index (κ3) is 3.85. The van der Waals surface area contributed by atoms with Gasteiger partial charge in [0, 0.05) is 38.6 Å². The van der Waals surface area contributed by atoms with E-state index in [-0.39, 0.29) is 16.3 Å². The summed E-state index contributed by atoms with van der Waals surface area (Å²) in [5.41, 5.74) is 8.63. The number of hydrogen-bond donors (Lipinski definition) is 5. The van der Waals surface area contributed by atoms with Gasteiger partial charge in [0.25, 0.3) is 10.1 Å². The molecule has 0 aliphatic rings. The zero-order valence-corrected chi connectivity index (χ0v) is 18.7. The molecule has 0 atom stereocenters. The van der Waals surface area contributed by atoms with E-state index in [1.807, 2.05) is 36.4 Å². The lowest BCUT2D eigenvalue weighted by Crippen LogP contribution is -2.07. The average molecular weight is 472 g/mol. The first-order valence-electron chi connectivity index (χ1n) is 10.5. The van der Waals surface area contributed by atoms with Gasteiger partial charge in [-0.15, -0.1) is 0 Å². The van der Waals surface area contributed by atoms with Gasteiger partial charge in [-0.25, -0.2) is 0 Å². The molecule has 0 aliphatic heterocycles. The quantitative estimate of drug-likeness (QED) is 0.157. The zero-order valence-electron chi connectivity index (χ0n) is 17.9. The lowest BCUT2D eigenvalue weighted by atomic mass is 10.1. The molecule has 34 heavy (non-hydrogen) atoms. The van der Waals surface area contributed by atoms with Crippen LogP contribution < -0.4 is 16.4 Å². The number of benzene rings is 5. The van der Waals surface area contributed by atoms with E-state index in [1.54, 1.807) is 48.5 Å². The summed E-state index contributed by atoms with van der Waals surface area (Å²) >= 11 is 0. The first-order valence-corrected chi connectivity index (χ1v) is 11.9. The van der Waals surface area contributed by atoms with Gasteiger partial charge in [-0.3, -0.25) is 4.55 Å². The maximum atomic E-state index is 12.3. The van der Waals surface area contributed by atoms with Crippen LogP contribution in [0.25, 0.3) is 21.5 Å². The van der Waals surface area contributed by atoms with Crippen molar-refractivity contribution < 1.29 is 18.1 Å². The van der Waals surface area contributed by atoms with Gasteiger partial charge in [0.05, 0.1) is 11.4 Å². The Balaban J connectivity index is 1.68. The highest BCUT2D eigenvalue weighted by molar-refractivity contribution is 7.86. The SMILES string of the molecule is Nc1ccc(Nc2cccc(S(=O)(=O)O)c2Nc2cccc3c(O)cccc23)c2ccccc12. The first kappa shape index (κ1) is 21.6. The smallest absolute Gasteiger partial charge is 0.296 e. The predicted octanol–water partition coefficient (Wildman–Crippen LogP) is 6.01. The molecule has 0 aromatic heterocycles. The van der Waals surface area contributed by atoms with Crippen molar-refractivity contribution in [3.63, 3.8) is 0 Å². The van der Waals surface area contributed by atoms with Gasteiger partial charge < -0.3 is 21.5 Å². The second-order valence-corrected chi connectivity index (χ2v) is 9.22. The van der Waals surface area contributed by atoms with Crippen LogP contribution in [0.2, 0.25) is 0 Å². The van der Waals surface area contributed by atoms with E-state index >= 15 is 0 Å². The molecule has 0 spiro atoms. The fourth-order valence-electron chi connectivity index (χ4n) is 4.09. The molecule has 8 heteroatoms. The topological polar surface area (TPSA) is 125 Å². The number of phenolic OH excluding ortho intramolecular Hbond substituents is 1. The molecule has 0 radical (unpaired) electrons. The number of nitrogens with one attached hydrogen (secondary N) is 2. The molecule has 0 amide bonds. The molecule has 0 aliphatic carbocycles. The van der Waals surface area contributed by atoms with E-state index in [0.717, 1.165) is 16.5 Å². The average Bonchev–Trinajstić information content (AvgIpc) is 2.82. The van der Waals surface area contributed by atoms with E-state index in [2.05, 4.69) is 10.6 Å². The van der Waals surface area contributed by atoms with Crippen LogP contribution in [0.1, 0.15) is 0 Å². The highest BCUT2D eigenvalue weighted by Gasteiger charge is 2.20. The Morgan fingerprint density at radius 1 is 0.618 bits per heavy atom. The van der Waals surface area contributed by atoms with E-state index in [1.165, 1.54) is 6.07 Å². The lowest BCUT2D eigenvalue weighted by molar-refractivity contribution is 0.481. The third-order valence-corrected chi connectivity index (χ3v) is 6.59. The van der Waals surface area contributed by atoms with Crippen molar-refractivity contribution in [2.45, 2.75) is 4.90 Å². The summed E-state index contributed by atoms with van der Waals surface area (Å²) in [6.07, 6.45) is 0. The normalized spacial score (nSPS) is 11.6. The largest absolute Gasteiger partial charge is 0.507 e. The second kappa shape index (κ2) is 8.26. The monoisotopic (exact) mass is 471 g/mol. The van der Waals surface area contributed by atoms with Crippen molar-refractivity contribution in [3.05, 3.63) is 91.0 Å². The molecule has 6 N–H and O–H groups in total. The number of fused-ring (bicyclic) bond motifs is 2. The van der Waals surface area contributed by atoms with Crippen LogP contribution in [-0.4, -0.2) is 18.1 Å². The van der Waals surface area contributed by atoms with E-state index in [4.69, 9.17) is 5.73 Å². The fraction of sp³-hybridized carbons (Fsp3) is 0. The van der Waals surface area contributed by atoms with Crippen molar-refractivity contribution >= 4 is 60.1 Å². The van der Waals surface area contributed by atoms with Crippen molar-refractivity contribution in [3.8, 4) is 5.75 Å². The minimum Gasteiger partial charge on any atom is -0.507 e. The summed E-state index contributed by atoms with van der Waals surface area (Å²) < 4.78 is 34.5. The highest BCUT2D eigenvalue weighted by atomic mass is 32.2. The lowest BCUT2D eigenvalue weighted by Gasteiger charge is -2.19. The van der Waals surface area contributed by atoms with Gasteiger partial charge in [0.1, 0.15) is 10.6 Å². The van der Waals surface area contributed by atoms with Crippen LogP contribution in [0, 0.1) is 0 Å². The Labute approximate surface area is 196 Å². The summed E-state index contributed by atoms with van der Waals surface area (Å²) in [5, 5.41) is 19.7. The van der Waals surface area contributed by atoms with Gasteiger partial charge in [-0.1, -0.05) is 54.6 Å². The predicted molar refractivity (Wildman–Crippen MR) is 137 cm³/mol. The number of anilines is 5. The molecule has 5 rings (SSSR count). The summed E-state index contributed by atoms with van der Waals surface area (Å²) in [6.45, 7) is 0. The molecule has 0 unspecified atom stereocenters. The summed E-state index contributed by atoms with van der Waals surface area (Å²) in [7, 11) is -4.55. The molecule has 0 saturated carbocycles. The van der Waals surface area contributed by atoms with Crippen LogP contribution in [0.3, 0.4) is 0 Å². The molecule has 5 aromatic carbocycles. The van der Waals surface area contributed by atoms with Crippen molar-refractivity contribution in [2.75, 3.05) is 16.4 Å². The summed E-state index contributed by atoms with van der Waals surface area (Å²) in [5.74, 6) is 0.107. The van der Waals surface area contributed by atoms with Gasteiger partial charge in [0.2, 0.25) is 0 Å². The number of para-hydroxylation sites is 1. The highest BCUT2D eigenvalue weighted by Crippen LogP contribution is 2.39. The van der Waals surface area contributed by atoms with E-state index < -0.39 is 10.1 Å². The van der Waals surface area contributed by atoms with Crippen LogP contribution in [0.5, 0.6) is 5.75 Å². The molecule has 5 aromatic rings. The van der Waals surface area contributed by atoms with E-state index in [9.17, 15) is 18.1 Å². The first-order chi connectivity index (χ1) is 16.3. The molecule has 0 fully saturated rings. The number of aromatic hydroxyl groups is 1. The minimum absolute atomic E-state index is 0.107.